The molecule has 5 nitrogen and oxygen atoms in total. The first-order valence-electron chi connectivity index (χ1n) is 9.05. The summed E-state index contributed by atoms with van der Waals surface area (Å²) in [7, 11) is 0. The Morgan fingerprint density at radius 1 is 1.00 bits per heavy atom. The molecule has 1 amide bonds. The van der Waals surface area contributed by atoms with Gasteiger partial charge in [-0.15, -0.1) is 0 Å². The van der Waals surface area contributed by atoms with Crippen LogP contribution >= 0.6 is 0 Å². The number of carboxylic acid groups (broad SMARTS) is 1. The van der Waals surface area contributed by atoms with Crippen molar-refractivity contribution in [3.8, 4) is 0 Å². The Balaban J connectivity index is 4.37. The largest absolute Gasteiger partial charge is 0.481 e. The van der Waals surface area contributed by atoms with Crippen LogP contribution in [-0.4, -0.2) is 29.1 Å². The molecule has 0 fully saturated rings. The summed E-state index contributed by atoms with van der Waals surface area (Å²) in [5.74, 6) is -0.0823. The summed E-state index contributed by atoms with van der Waals surface area (Å²) in [5.41, 5.74) is 6.05. The summed E-state index contributed by atoms with van der Waals surface area (Å²) in [4.78, 5) is 23.1. The van der Waals surface area contributed by atoms with Crippen LogP contribution in [0.2, 0.25) is 0 Å². The normalized spacial score (nSPS) is 16.4. The van der Waals surface area contributed by atoms with Gasteiger partial charge in [0.2, 0.25) is 5.91 Å². The standard InChI is InChI=1S/C18H36N2O3/c1-5-7-13(3)9-15(19)11-17(21)20-16(12-18(22)23)10-14(4)8-6-2/h13-16H,5-12,19H2,1-4H3,(H,20,21)(H,22,23). The van der Waals surface area contributed by atoms with Gasteiger partial charge in [0, 0.05) is 18.5 Å². The fourth-order valence-corrected chi connectivity index (χ4v) is 3.24. The molecule has 0 heterocycles. The van der Waals surface area contributed by atoms with E-state index in [0.717, 1.165) is 32.1 Å². The molecule has 0 bridgehead atoms. The molecule has 0 aliphatic rings. The maximum absolute atomic E-state index is 12.1. The van der Waals surface area contributed by atoms with E-state index in [1.54, 1.807) is 0 Å². The molecule has 4 N–H and O–H groups in total. The zero-order valence-corrected chi connectivity index (χ0v) is 15.3. The van der Waals surface area contributed by atoms with Crippen molar-refractivity contribution >= 4 is 11.9 Å². The van der Waals surface area contributed by atoms with Crippen molar-refractivity contribution in [3.05, 3.63) is 0 Å². The molecule has 0 aromatic carbocycles. The highest BCUT2D eigenvalue weighted by atomic mass is 16.4. The number of hydrogen-bond donors (Lipinski definition) is 3. The van der Waals surface area contributed by atoms with Crippen LogP contribution in [0.1, 0.15) is 79.1 Å². The van der Waals surface area contributed by atoms with E-state index in [1.807, 2.05) is 0 Å². The molecular formula is C18H36N2O3. The van der Waals surface area contributed by atoms with Crippen LogP contribution in [0, 0.1) is 11.8 Å². The van der Waals surface area contributed by atoms with Crippen molar-refractivity contribution in [1.29, 1.82) is 0 Å². The lowest BCUT2D eigenvalue weighted by Crippen LogP contribution is -2.40. The fourth-order valence-electron chi connectivity index (χ4n) is 3.24. The highest BCUT2D eigenvalue weighted by Gasteiger charge is 2.20. The molecule has 4 unspecified atom stereocenters. The molecular weight excluding hydrogens is 292 g/mol. The SMILES string of the molecule is CCCC(C)CC(N)CC(=O)NC(CC(=O)O)CC(C)CCC. The van der Waals surface area contributed by atoms with Gasteiger partial charge in [0.05, 0.1) is 6.42 Å². The third kappa shape index (κ3) is 12.0. The van der Waals surface area contributed by atoms with E-state index in [9.17, 15) is 9.59 Å². The number of carboxylic acids is 1. The predicted molar refractivity (Wildman–Crippen MR) is 94.2 cm³/mol. The monoisotopic (exact) mass is 328 g/mol. The average molecular weight is 328 g/mol. The van der Waals surface area contributed by atoms with E-state index < -0.39 is 5.97 Å². The van der Waals surface area contributed by atoms with Crippen LogP contribution < -0.4 is 11.1 Å². The molecule has 0 spiro atoms. The molecule has 0 aliphatic heterocycles. The number of amides is 1. The second-order valence-corrected chi connectivity index (χ2v) is 7.09. The van der Waals surface area contributed by atoms with Gasteiger partial charge >= 0.3 is 5.97 Å². The number of hydrogen-bond acceptors (Lipinski definition) is 3. The summed E-state index contributed by atoms with van der Waals surface area (Å²) in [6.07, 6.45) is 6.12. The predicted octanol–water partition coefficient (Wildman–Crippen LogP) is 3.32. The maximum atomic E-state index is 12.1. The minimum Gasteiger partial charge on any atom is -0.481 e. The summed E-state index contributed by atoms with van der Waals surface area (Å²) >= 11 is 0. The average Bonchev–Trinajstić information content (AvgIpc) is 2.37. The molecule has 136 valence electrons. The summed E-state index contributed by atoms with van der Waals surface area (Å²) in [6, 6.07) is -0.461. The Morgan fingerprint density at radius 2 is 1.52 bits per heavy atom. The highest BCUT2D eigenvalue weighted by Crippen LogP contribution is 2.16. The Labute approximate surface area is 141 Å². The number of nitrogens with one attached hydrogen (secondary N) is 1. The molecule has 23 heavy (non-hydrogen) atoms. The molecule has 4 atom stereocenters. The van der Waals surface area contributed by atoms with Gasteiger partial charge in [-0.3, -0.25) is 9.59 Å². The fraction of sp³-hybridized carbons (Fsp3) is 0.889. The molecule has 0 aromatic heterocycles. The maximum Gasteiger partial charge on any atom is 0.305 e. The van der Waals surface area contributed by atoms with Crippen molar-refractivity contribution in [1.82, 2.24) is 5.32 Å². The summed E-state index contributed by atoms with van der Waals surface area (Å²) < 4.78 is 0. The number of rotatable bonds is 13. The number of carbonyl (C=O) groups is 2. The minimum atomic E-state index is -0.875. The first-order chi connectivity index (χ1) is 10.8. The van der Waals surface area contributed by atoms with Crippen molar-refractivity contribution in [3.63, 3.8) is 0 Å². The zero-order valence-electron chi connectivity index (χ0n) is 15.3. The van der Waals surface area contributed by atoms with E-state index in [2.05, 4.69) is 33.0 Å². The van der Waals surface area contributed by atoms with Crippen molar-refractivity contribution < 1.29 is 14.7 Å². The van der Waals surface area contributed by atoms with Crippen LogP contribution in [0.5, 0.6) is 0 Å². The molecule has 5 heteroatoms. The van der Waals surface area contributed by atoms with Crippen LogP contribution in [0.4, 0.5) is 0 Å². The quantitative estimate of drug-likeness (QED) is 0.483. The van der Waals surface area contributed by atoms with Crippen molar-refractivity contribution in [2.45, 2.75) is 91.1 Å². The highest BCUT2D eigenvalue weighted by molar-refractivity contribution is 5.78. The second kappa shape index (κ2) is 12.3. The lowest BCUT2D eigenvalue weighted by Gasteiger charge is -2.22. The van der Waals surface area contributed by atoms with E-state index in [-0.39, 0.29) is 30.8 Å². The molecule has 0 saturated carbocycles. The smallest absolute Gasteiger partial charge is 0.305 e. The number of nitrogens with two attached hydrogens (primary N) is 1. The van der Waals surface area contributed by atoms with Gasteiger partial charge in [-0.1, -0.05) is 53.4 Å². The lowest BCUT2D eigenvalue weighted by atomic mass is 9.94. The van der Waals surface area contributed by atoms with Crippen LogP contribution in [0.25, 0.3) is 0 Å². The lowest BCUT2D eigenvalue weighted by molar-refractivity contribution is -0.137. The Morgan fingerprint density at radius 3 is 2.00 bits per heavy atom. The third-order valence-corrected chi connectivity index (χ3v) is 4.19. The third-order valence-electron chi connectivity index (χ3n) is 4.19. The van der Waals surface area contributed by atoms with Gasteiger partial charge in [0.1, 0.15) is 0 Å². The molecule has 0 rings (SSSR count). The number of aliphatic carboxylic acids is 1. The van der Waals surface area contributed by atoms with Gasteiger partial charge in [0.15, 0.2) is 0 Å². The topological polar surface area (TPSA) is 92.4 Å². The summed E-state index contributed by atoms with van der Waals surface area (Å²) in [6.45, 7) is 8.50. The molecule has 0 aromatic rings. The van der Waals surface area contributed by atoms with Gasteiger partial charge in [0.25, 0.3) is 0 Å². The van der Waals surface area contributed by atoms with Crippen LogP contribution in [0.3, 0.4) is 0 Å². The first kappa shape index (κ1) is 21.9. The Kier molecular flexibility index (Phi) is 11.7. The van der Waals surface area contributed by atoms with Crippen molar-refractivity contribution in [2.24, 2.45) is 17.6 Å². The van der Waals surface area contributed by atoms with Gasteiger partial charge in [-0.05, 0) is 24.7 Å². The van der Waals surface area contributed by atoms with Crippen LogP contribution in [-0.2, 0) is 9.59 Å². The number of carbonyl (C=O) groups excluding carboxylic acids is 1. The van der Waals surface area contributed by atoms with E-state index >= 15 is 0 Å². The minimum absolute atomic E-state index is 0.0265. The first-order valence-corrected chi connectivity index (χ1v) is 9.05. The zero-order chi connectivity index (χ0) is 17.8. The molecule has 0 aliphatic carbocycles. The van der Waals surface area contributed by atoms with E-state index in [4.69, 9.17) is 10.8 Å². The van der Waals surface area contributed by atoms with Gasteiger partial charge in [-0.2, -0.15) is 0 Å². The Hall–Kier alpha value is -1.10. The van der Waals surface area contributed by atoms with Crippen LogP contribution in [0.15, 0.2) is 0 Å². The van der Waals surface area contributed by atoms with Gasteiger partial charge < -0.3 is 16.2 Å². The second-order valence-electron chi connectivity index (χ2n) is 7.09. The molecule has 0 saturated heterocycles. The van der Waals surface area contributed by atoms with Gasteiger partial charge in [-0.25, -0.2) is 0 Å². The van der Waals surface area contributed by atoms with E-state index in [1.165, 1.54) is 0 Å². The summed E-state index contributed by atoms with van der Waals surface area (Å²) in [5, 5.41) is 11.9. The molecule has 0 radical (unpaired) electrons. The van der Waals surface area contributed by atoms with Crippen molar-refractivity contribution in [2.75, 3.05) is 0 Å². The van der Waals surface area contributed by atoms with E-state index in [0.29, 0.717) is 18.3 Å². The Bertz CT molecular complexity index is 347.